The number of aryl methyl sites for hydroxylation is 1. The summed E-state index contributed by atoms with van der Waals surface area (Å²) in [6.07, 6.45) is -1.02. The number of aldehydes is 1. The minimum absolute atomic E-state index is 0.0248. The topological polar surface area (TPSA) is 151 Å². The zero-order valence-electron chi connectivity index (χ0n) is 26.3. The molecule has 2 aromatic heterocycles. The van der Waals surface area contributed by atoms with Gasteiger partial charge in [0.2, 0.25) is 23.6 Å². The Morgan fingerprint density at radius 2 is 1.77 bits per heavy atom. The average molecular weight is 657 g/mol. The molecular weight excluding hydrogens is 621 g/mol. The van der Waals surface area contributed by atoms with E-state index in [1.807, 2.05) is 4.90 Å². The largest absolute Gasteiger partial charge is 0.481 e. The van der Waals surface area contributed by atoms with E-state index in [0.29, 0.717) is 49.9 Å². The lowest BCUT2D eigenvalue weighted by molar-refractivity contribution is -0.137. The maximum absolute atomic E-state index is 14.1. The number of anilines is 5. The van der Waals surface area contributed by atoms with Gasteiger partial charge in [-0.15, -0.1) is 0 Å². The van der Waals surface area contributed by atoms with Crippen LogP contribution in [0, 0.1) is 6.92 Å². The summed E-state index contributed by atoms with van der Waals surface area (Å²) < 4.78 is 53.3. The van der Waals surface area contributed by atoms with Crippen molar-refractivity contribution >= 4 is 46.9 Å². The monoisotopic (exact) mass is 656 g/mol. The van der Waals surface area contributed by atoms with Crippen LogP contribution in [0.2, 0.25) is 0 Å². The first-order valence-electron chi connectivity index (χ1n) is 14.4. The third-order valence-corrected chi connectivity index (χ3v) is 7.27. The van der Waals surface area contributed by atoms with Gasteiger partial charge in [0.25, 0.3) is 0 Å². The Bertz CT molecular complexity index is 1650. The highest BCUT2D eigenvalue weighted by Gasteiger charge is 2.36. The lowest BCUT2D eigenvalue weighted by atomic mass is 10.1. The first-order chi connectivity index (χ1) is 22.2. The van der Waals surface area contributed by atoms with Gasteiger partial charge >= 0.3 is 6.18 Å². The van der Waals surface area contributed by atoms with Crippen molar-refractivity contribution < 1.29 is 37.0 Å². The van der Waals surface area contributed by atoms with Crippen LogP contribution in [0.3, 0.4) is 0 Å². The van der Waals surface area contributed by atoms with E-state index in [2.05, 4.69) is 37.5 Å². The summed E-state index contributed by atoms with van der Waals surface area (Å²) in [4.78, 5) is 51.9. The van der Waals surface area contributed by atoms with Crippen molar-refractivity contribution in [3.63, 3.8) is 0 Å². The summed E-state index contributed by atoms with van der Waals surface area (Å²) in [5, 5.41) is 8.10. The van der Waals surface area contributed by atoms with E-state index in [4.69, 9.17) is 9.47 Å². The second-order valence-electron chi connectivity index (χ2n) is 11.0. The Morgan fingerprint density at radius 3 is 2.38 bits per heavy atom. The fraction of sp³-hybridized carbons (Fsp3) is 0.355. The van der Waals surface area contributed by atoms with Crippen molar-refractivity contribution in [1.29, 1.82) is 0 Å². The normalized spacial score (nSPS) is 14.8. The van der Waals surface area contributed by atoms with Gasteiger partial charge in [-0.1, -0.05) is 6.58 Å². The smallest absolute Gasteiger partial charge is 0.421 e. The number of nitrogens with zero attached hydrogens (tertiary/aromatic N) is 5. The van der Waals surface area contributed by atoms with Gasteiger partial charge in [0.1, 0.15) is 17.1 Å². The highest BCUT2D eigenvalue weighted by atomic mass is 19.4. The number of alkyl halides is 3. The summed E-state index contributed by atoms with van der Waals surface area (Å²) >= 11 is 0. The average Bonchev–Trinajstić information content (AvgIpc) is 3.03. The number of piperazine rings is 1. The third kappa shape index (κ3) is 8.94. The van der Waals surface area contributed by atoms with Gasteiger partial charge in [0.15, 0.2) is 11.9 Å². The van der Waals surface area contributed by atoms with Crippen LogP contribution in [0.25, 0.3) is 0 Å². The molecule has 1 aromatic carbocycles. The van der Waals surface area contributed by atoms with Crippen LogP contribution >= 0.6 is 0 Å². The number of pyridine rings is 1. The van der Waals surface area contributed by atoms with Crippen molar-refractivity contribution in [2.75, 3.05) is 55.8 Å². The van der Waals surface area contributed by atoms with Crippen LogP contribution in [-0.2, 0) is 20.6 Å². The van der Waals surface area contributed by atoms with Gasteiger partial charge in [-0.25, -0.2) is 9.97 Å². The summed E-state index contributed by atoms with van der Waals surface area (Å²) in [5.74, 6) is -0.985. The maximum atomic E-state index is 14.1. The molecule has 0 aliphatic carbocycles. The SMILES string of the molecule is C=CC(=O)Nc1cc(O[C@](C)(C=O)CN2CCN(C(C)=O)CC2)ccc1Nc1nc(Nc2cc(OC)ncc2C)ncc1C(F)(F)F. The van der Waals surface area contributed by atoms with Gasteiger partial charge < -0.3 is 30.3 Å². The Morgan fingerprint density at radius 1 is 1.04 bits per heavy atom. The number of nitrogens with one attached hydrogen (secondary N) is 3. The number of hydrogen-bond acceptors (Lipinski definition) is 11. The van der Waals surface area contributed by atoms with Crippen molar-refractivity contribution in [2.45, 2.75) is 32.5 Å². The van der Waals surface area contributed by atoms with Crippen LogP contribution in [0.15, 0.2) is 49.3 Å². The predicted octanol–water partition coefficient (Wildman–Crippen LogP) is 4.32. The second-order valence-corrected chi connectivity index (χ2v) is 11.0. The van der Waals surface area contributed by atoms with Crippen molar-refractivity contribution in [3.8, 4) is 11.6 Å². The number of carbonyl (C=O) groups excluding carboxylic acids is 3. The Balaban J connectivity index is 1.63. The second kappa shape index (κ2) is 14.5. The number of ether oxygens (including phenoxy) is 2. The van der Waals surface area contributed by atoms with Gasteiger partial charge in [-0.05, 0) is 37.6 Å². The molecular formula is C31H35F3N8O5. The molecule has 0 bridgehead atoms. The number of hydrogen-bond donors (Lipinski definition) is 3. The molecule has 3 aromatic rings. The van der Waals surface area contributed by atoms with Crippen molar-refractivity contribution in [1.82, 2.24) is 24.8 Å². The number of amides is 2. The molecule has 13 nitrogen and oxygen atoms in total. The molecule has 4 rings (SSSR count). The molecule has 16 heteroatoms. The minimum Gasteiger partial charge on any atom is -0.481 e. The number of methoxy groups -OCH3 is 1. The fourth-order valence-electron chi connectivity index (χ4n) is 4.75. The highest BCUT2D eigenvalue weighted by molar-refractivity contribution is 6.01. The molecule has 1 saturated heterocycles. The maximum Gasteiger partial charge on any atom is 0.421 e. The van der Waals surface area contributed by atoms with E-state index in [1.54, 1.807) is 24.8 Å². The molecule has 0 unspecified atom stereocenters. The number of rotatable bonds is 12. The van der Waals surface area contributed by atoms with Crippen molar-refractivity contribution in [3.05, 3.63) is 60.4 Å². The van der Waals surface area contributed by atoms with E-state index < -0.39 is 29.1 Å². The predicted molar refractivity (Wildman–Crippen MR) is 168 cm³/mol. The van der Waals surface area contributed by atoms with Crippen LogP contribution in [0.4, 0.5) is 42.0 Å². The summed E-state index contributed by atoms with van der Waals surface area (Å²) in [6.45, 7) is 10.6. The number of carbonyl (C=O) groups is 3. The Hall–Kier alpha value is -5.25. The summed E-state index contributed by atoms with van der Waals surface area (Å²) in [7, 11) is 1.43. The first-order valence-corrected chi connectivity index (χ1v) is 14.4. The van der Waals surface area contributed by atoms with Crippen LogP contribution < -0.4 is 25.4 Å². The lowest BCUT2D eigenvalue weighted by Crippen LogP contribution is -2.54. The van der Waals surface area contributed by atoms with E-state index in [9.17, 15) is 27.6 Å². The molecule has 0 radical (unpaired) electrons. The zero-order chi connectivity index (χ0) is 34.4. The quantitative estimate of drug-likeness (QED) is 0.189. The molecule has 3 heterocycles. The molecule has 2 amide bonds. The molecule has 1 aliphatic heterocycles. The molecule has 250 valence electrons. The number of halogens is 3. The van der Waals surface area contributed by atoms with Crippen LogP contribution in [-0.4, -0.2) is 88.3 Å². The zero-order valence-corrected chi connectivity index (χ0v) is 26.3. The highest BCUT2D eigenvalue weighted by Crippen LogP contribution is 2.38. The molecule has 1 fully saturated rings. The fourth-order valence-corrected chi connectivity index (χ4v) is 4.75. The van der Waals surface area contributed by atoms with E-state index in [1.165, 1.54) is 38.4 Å². The Kier molecular flexibility index (Phi) is 10.6. The van der Waals surface area contributed by atoms with Gasteiger partial charge in [0, 0.05) is 64.2 Å². The molecule has 0 saturated carbocycles. The molecule has 1 atom stereocenters. The molecule has 3 N–H and O–H groups in total. The van der Waals surface area contributed by atoms with E-state index in [0.717, 1.165) is 6.08 Å². The van der Waals surface area contributed by atoms with Gasteiger partial charge in [-0.2, -0.15) is 18.2 Å². The minimum atomic E-state index is -4.83. The Labute approximate surface area is 269 Å². The van der Waals surface area contributed by atoms with Gasteiger partial charge in [0.05, 0.1) is 24.2 Å². The van der Waals surface area contributed by atoms with E-state index in [-0.39, 0.29) is 41.4 Å². The standard InChI is InChI=1S/C31H35F3N8O5/c1-6-26(45)37-25-13-21(47-30(4,18-43)17-41-9-11-42(12-10-41)20(3)44)7-8-23(25)38-28-22(31(32,33)34)16-36-29(40-28)39-24-14-27(46-5)35-15-19(24)2/h6-8,13-16,18H,1,9-12,17H2,2-5H3,(H,37,45)(H2,35,36,38,39,40)/t30-/m0/s1. The molecule has 1 aliphatic rings. The third-order valence-electron chi connectivity index (χ3n) is 7.27. The molecule has 47 heavy (non-hydrogen) atoms. The summed E-state index contributed by atoms with van der Waals surface area (Å²) in [6, 6.07) is 5.75. The van der Waals surface area contributed by atoms with Crippen molar-refractivity contribution in [2.24, 2.45) is 0 Å². The van der Waals surface area contributed by atoms with Gasteiger partial charge in [-0.3, -0.25) is 19.3 Å². The lowest BCUT2D eigenvalue weighted by Gasteiger charge is -2.38. The van der Waals surface area contributed by atoms with Crippen LogP contribution in [0.5, 0.6) is 11.6 Å². The van der Waals surface area contributed by atoms with E-state index >= 15 is 0 Å². The number of aromatic nitrogens is 3. The molecule has 0 spiro atoms. The van der Waals surface area contributed by atoms with Crippen LogP contribution in [0.1, 0.15) is 25.0 Å². The summed E-state index contributed by atoms with van der Waals surface area (Å²) in [5.41, 5.74) is -1.29. The first kappa shape index (κ1) is 34.6. The number of benzene rings is 1.